The Hall–Kier alpha value is -1.44. The predicted octanol–water partition coefficient (Wildman–Crippen LogP) is 2.26. The number of nitrogens with zero attached hydrogens (tertiary/aromatic N) is 2. The minimum atomic E-state index is -0.343. The highest BCUT2D eigenvalue weighted by molar-refractivity contribution is 5.33. The van der Waals surface area contributed by atoms with E-state index in [0.29, 0.717) is 30.6 Å². The van der Waals surface area contributed by atoms with Crippen LogP contribution in [0.15, 0.2) is 18.2 Å². The molecule has 0 aromatic heterocycles. The maximum atomic E-state index is 13.4. The Bertz CT molecular complexity index is 481. The van der Waals surface area contributed by atoms with E-state index in [9.17, 15) is 4.39 Å². The molecule has 1 saturated carbocycles. The second kappa shape index (κ2) is 6.14. The van der Waals surface area contributed by atoms with Gasteiger partial charge in [-0.1, -0.05) is 6.42 Å². The standard InChI is InChI=1S/C15H20FN3/c1-19(15-4-2-3-13(15)9-18)10-12-5-11(8-17)6-14(16)7-12/h5-7,13,15H,2-4,9-10,18H2,1H3. The minimum Gasteiger partial charge on any atom is -0.330 e. The summed E-state index contributed by atoms with van der Waals surface area (Å²) in [6.07, 6.45) is 3.54. The maximum absolute atomic E-state index is 13.4. The van der Waals surface area contributed by atoms with Crippen molar-refractivity contribution in [3.8, 4) is 6.07 Å². The minimum absolute atomic E-state index is 0.343. The smallest absolute Gasteiger partial charge is 0.124 e. The van der Waals surface area contributed by atoms with E-state index in [-0.39, 0.29) is 5.82 Å². The molecule has 19 heavy (non-hydrogen) atoms. The van der Waals surface area contributed by atoms with Crippen LogP contribution in [0.4, 0.5) is 4.39 Å². The van der Waals surface area contributed by atoms with E-state index in [1.165, 1.54) is 25.0 Å². The monoisotopic (exact) mass is 261 g/mol. The summed E-state index contributed by atoms with van der Waals surface area (Å²) in [7, 11) is 2.05. The molecule has 0 amide bonds. The van der Waals surface area contributed by atoms with Crippen molar-refractivity contribution in [1.29, 1.82) is 5.26 Å². The van der Waals surface area contributed by atoms with Crippen LogP contribution in [0.2, 0.25) is 0 Å². The SMILES string of the molecule is CN(Cc1cc(F)cc(C#N)c1)C1CCCC1CN. The number of hydrogen-bond donors (Lipinski definition) is 1. The highest BCUT2D eigenvalue weighted by atomic mass is 19.1. The van der Waals surface area contributed by atoms with Crippen molar-refractivity contribution in [2.24, 2.45) is 11.7 Å². The second-order valence-electron chi connectivity index (χ2n) is 5.37. The van der Waals surface area contributed by atoms with Gasteiger partial charge >= 0.3 is 0 Å². The molecule has 102 valence electrons. The van der Waals surface area contributed by atoms with Gasteiger partial charge in [0.25, 0.3) is 0 Å². The first kappa shape index (κ1) is 14.0. The molecule has 2 N–H and O–H groups in total. The van der Waals surface area contributed by atoms with E-state index in [0.717, 1.165) is 12.0 Å². The fourth-order valence-electron chi connectivity index (χ4n) is 3.08. The molecule has 0 saturated heterocycles. The van der Waals surface area contributed by atoms with Crippen LogP contribution >= 0.6 is 0 Å². The highest BCUT2D eigenvalue weighted by Gasteiger charge is 2.29. The summed E-state index contributed by atoms with van der Waals surface area (Å²) >= 11 is 0. The van der Waals surface area contributed by atoms with Crippen LogP contribution in [0.3, 0.4) is 0 Å². The molecule has 0 heterocycles. The van der Waals surface area contributed by atoms with Crippen LogP contribution in [0, 0.1) is 23.1 Å². The Morgan fingerprint density at radius 2 is 2.21 bits per heavy atom. The fourth-order valence-corrected chi connectivity index (χ4v) is 3.08. The molecule has 3 nitrogen and oxygen atoms in total. The molecule has 2 atom stereocenters. The fraction of sp³-hybridized carbons (Fsp3) is 0.533. The van der Waals surface area contributed by atoms with Gasteiger partial charge in [0.2, 0.25) is 0 Å². The molecule has 0 aliphatic heterocycles. The zero-order valence-corrected chi connectivity index (χ0v) is 11.3. The van der Waals surface area contributed by atoms with Gasteiger partial charge in [-0.25, -0.2) is 4.39 Å². The first-order valence-electron chi connectivity index (χ1n) is 6.74. The summed E-state index contributed by atoms with van der Waals surface area (Å²) in [6.45, 7) is 1.37. The van der Waals surface area contributed by atoms with Crippen molar-refractivity contribution in [3.05, 3.63) is 35.1 Å². The first-order valence-corrected chi connectivity index (χ1v) is 6.74. The lowest BCUT2D eigenvalue weighted by molar-refractivity contribution is 0.192. The number of nitriles is 1. The van der Waals surface area contributed by atoms with E-state index in [1.807, 2.05) is 6.07 Å². The third kappa shape index (κ3) is 3.31. The van der Waals surface area contributed by atoms with Crippen molar-refractivity contribution in [3.63, 3.8) is 0 Å². The lowest BCUT2D eigenvalue weighted by atomic mass is 10.0. The van der Waals surface area contributed by atoms with Crippen molar-refractivity contribution in [2.45, 2.75) is 31.8 Å². The Labute approximate surface area is 113 Å². The van der Waals surface area contributed by atoms with Crippen LogP contribution in [0.5, 0.6) is 0 Å². The van der Waals surface area contributed by atoms with E-state index in [2.05, 4.69) is 11.9 Å². The zero-order chi connectivity index (χ0) is 13.8. The molecule has 4 heteroatoms. The van der Waals surface area contributed by atoms with Gasteiger partial charge in [-0.05, 0) is 56.1 Å². The van der Waals surface area contributed by atoms with E-state index in [4.69, 9.17) is 11.0 Å². The Morgan fingerprint density at radius 1 is 1.42 bits per heavy atom. The largest absolute Gasteiger partial charge is 0.330 e. The number of benzene rings is 1. The molecule has 1 fully saturated rings. The summed E-state index contributed by atoms with van der Waals surface area (Å²) in [5.74, 6) is 0.193. The Morgan fingerprint density at radius 3 is 2.89 bits per heavy atom. The van der Waals surface area contributed by atoms with Crippen molar-refractivity contribution in [2.75, 3.05) is 13.6 Å². The number of hydrogen-bond acceptors (Lipinski definition) is 3. The molecule has 0 radical (unpaired) electrons. The van der Waals surface area contributed by atoms with Crippen LogP contribution in [0.1, 0.15) is 30.4 Å². The summed E-state index contributed by atoms with van der Waals surface area (Å²) in [5.41, 5.74) is 7.02. The number of nitrogens with two attached hydrogens (primary N) is 1. The third-order valence-electron chi connectivity index (χ3n) is 4.01. The topological polar surface area (TPSA) is 53.0 Å². The van der Waals surface area contributed by atoms with Gasteiger partial charge in [0.05, 0.1) is 11.6 Å². The van der Waals surface area contributed by atoms with Gasteiger partial charge in [0.15, 0.2) is 0 Å². The molecular weight excluding hydrogens is 241 g/mol. The molecule has 0 bridgehead atoms. The molecule has 1 aliphatic carbocycles. The summed E-state index contributed by atoms with van der Waals surface area (Å²) in [4.78, 5) is 2.24. The Balaban J connectivity index is 2.08. The van der Waals surface area contributed by atoms with Crippen LogP contribution in [-0.4, -0.2) is 24.5 Å². The molecule has 1 aromatic carbocycles. The van der Waals surface area contributed by atoms with Crippen LogP contribution in [0.25, 0.3) is 0 Å². The normalized spacial score (nSPS) is 22.7. The van der Waals surface area contributed by atoms with Gasteiger partial charge < -0.3 is 5.73 Å². The third-order valence-corrected chi connectivity index (χ3v) is 4.01. The molecule has 2 unspecified atom stereocenters. The van der Waals surface area contributed by atoms with Gasteiger partial charge in [-0.2, -0.15) is 5.26 Å². The average molecular weight is 261 g/mol. The molecule has 2 rings (SSSR count). The summed E-state index contributed by atoms with van der Waals surface area (Å²) in [5, 5.41) is 8.87. The van der Waals surface area contributed by atoms with E-state index >= 15 is 0 Å². The molecular formula is C15H20FN3. The maximum Gasteiger partial charge on any atom is 0.124 e. The van der Waals surface area contributed by atoms with Crippen LogP contribution < -0.4 is 5.73 Å². The highest BCUT2D eigenvalue weighted by Crippen LogP contribution is 2.29. The van der Waals surface area contributed by atoms with Gasteiger partial charge in [0.1, 0.15) is 5.82 Å². The molecule has 1 aliphatic rings. The van der Waals surface area contributed by atoms with Crippen molar-refractivity contribution >= 4 is 0 Å². The van der Waals surface area contributed by atoms with Crippen molar-refractivity contribution < 1.29 is 4.39 Å². The second-order valence-corrected chi connectivity index (χ2v) is 5.37. The van der Waals surface area contributed by atoms with Gasteiger partial charge in [-0.15, -0.1) is 0 Å². The number of rotatable bonds is 4. The van der Waals surface area contributed by atoms with Crippen molar-refractivity contribution in [1.82, 2.24) is 4.90 Å². The first-order chi connectivity index (χ1) is 9.13. The van der Waals surface area contributed by atoms with Crippen LogP contribution in [-0.2, 0) is 6.54 Å². The predicted molar refractivity (Wildman–Crippen MR) is 72.8 cm³/mol. The lowest BCUT2D eigenvalue weighted by Gasteiger charge is -2.29. The van der Waals surface area contributed by atoms with Gasteiger partial charge in [0, 0.05) is 12.6 Å². The Kier molecular flexibility index (Phi) is 4.52. The lowest BCUT2D eigenvalue weighted by Crippen LogP contribution is -2.37. The zero-order valence-electron chi connectivity index (χ0n) is 11.3. The quantitative estimate of drug-likeness (QED) is 0.904. The molecule has 0 spiro atoms. The molecule has 1 aromatic rings. The van der Waals surface area contributed by atoms with Gasteiger partial charge in [-0.3, -0.25) is 4.90 Å². The van der Waals surface area contributed by atoms with E-state index in [1.54, 1.807) is 6.07 Å². The average Bonchev–Trinajstić information content (AvgIpc) is 2.86. The van der Waals surface area contributed by atoms with E-state index < -0.39 is 0 Å². The summed E-state index contributed by atoms with van der Waals surface area (Å²) in [6, 6.07) is 6.99. The number of halogens is 1. The summed E-state index contributed by atoms with van der Waals surface area (Å²) < 4.78 is 13.4.